The van der Waals surface area contributed by atoms with Gasteiger partial charge < -0.3 is 4.43 Å². The van der Waals surface area contributed by atoms with Crippen LogP contribution in [0.2, 0.25) is 5.04 Å². The Bertz CT molecular complexity index is 652. The summed E-state index contributed by atoms with van der Waals surface area (Å²) in [5.74, 6) is 0.475. The molecule has 0 amide bonds. The minimum Gasteiger partial charge on any atom is -0.404 e. The molecule has 1 nitrogen and oxygen atoms in total. The van der Waals surface area contributed by atoms with Crippen LogP contribution < -0.4 is 10.4 Å². The fourth-order valence-corrected chi connectivity index (χ4v) is 8.64. The van der Waals surface area contributed by atoms with Crippen molar-refractivity contribution in [2.24, 2.45) is 5.92 Å². The van der Waals surface area contributed by atoms with Gasteiger partial charge >= 0.3 is 0 Å². The van der Waals surface area contributed by atoms with Crippen molar-refractivity contribution in [1.29, 1.82) is 0 Å². The van der Waals surface area contributed by atoms with E-state index in [2.05, 4.69) is 128 Å². The second kappa shape index (κ2) is 9.33. The molecule has 0 saturated heterocycles. The Hall–Kier alpha value is -0.913. The van der Waals surface area contributed by atoms with Crippen LogP contribution >= 0.6 is 22.6 Å². The van der Waals surface area contributed by atoms with E-state index in [4.69, 9.17) is 4.43 Å². The zero-order chi connectivity index (χ0) is 19.2. The third-order valence-corrected chi connectivity index (χ3v) is 10.8. The Morgan fingerprint density at radius 2 is 1.38 bits per heavy atom. The van der Waals surface area contributed by atoms with E-state index in [-0.39, 0.29) is 11.1 Å². The zero-order valence-electron chi connectivity index (χ0n) is 16.6. The lowest BCUT2D eigenvalue weighted by Crippen LogP contribution is -2.67. The van der Waals surface area contributed by atoms with Crippen LogP contribution in [0.25, 0.3) is 0 Å². The van der Waals surface area contributed by atoms with Gasteiger partial charge in [-0.3, -0.25) is 0 Å². The molecule has 26 heavy (non-hydrogen) atoms. The van der Waals surface area contributed by atoms with Gasteiger partial charge in [-0.05, 0) is 38.8 Å². The van der Waals surface area contributed by atoms with Crippen LogP contribution in [0.3, 0.4) is 0 Å². The van der Waals surface area contributed by atoms with E-state index in [9.17, 15) is 0 Å². The van der Waals surface area contributed by atoms with E-state index in [1.165, 1.54) is 10.4 Å². The molecule has 2 aromatic rings. The van der Waals surface area contributed by atoms with Gasteiger partial charge in [0.15, 0.2) is 0 Å². The smallest absolute Gasteiger partial charge is 0.261 e. The molecule has 0 aliphatic rings. The molecular formula is C23H31IOSi. The number of hydrogen-bond donors (Lipinski definition) is 0. The number of benzene rings is 2. The number of hydrogen-bond acceptors (Lipinski definition) is 1. The third-order valence-electron chi connectivity index (χ3n) is 5.18. The van der Waals surface area contributed by atoms with Crippen molar-refractivity contribution in [2.75, 3.05) is 0 Å². The first-order valence-electron chi connectivity index (χ1n) is 9.37. The Morgan fingerprint density at radius 3 is 1.77 bits per heavy atom. The van der Waals surface area contributed by atoms with Crippen LogP contribution in [0.1, 0.15) is 41.0 Å². The quantitative estimate of drug-likeness (QED) is 0.354. The summed E-state index contributed by atoms with van der Waals surface area (Å²) in [5.41, 5.74) is 0. The highest BCUT2D eigenvalue weighted by molar-refractivity contribution is 14.1. The van der Waals surface area contributed by atoms with Gasteiger partial charge in [0.05, 0.1) is 0 Å². The van der Waals surface area contributed by atoms with Crippen LogP contribution in [-0.4, -0.2) is 14.4 Å². The van der Waals surface area contributed by atoms with Gasteiger partial charge in [0.1, 0.15) is 0 Å². The minimum atomic E-state index is -2.44. The van der Waals surface area contributed by atoms with Crippen LogP contribution in [-0.2, 0) is 4.43 Å². The lowest BCUT2D eigenvalue weighted by molar-refractivity contribution is 0.150. The summed E-state index contributed by atoms with van der Waals surface area (Å²) in [4.78, 5) is 0. The summed E-state index contributed by atoms with van der Waals surface area (Å²) in [7, 11) is -2.44. The van der Waals surface area contributed by atoms with Gasteiger partial charge in [-0.15, -0.1) is 0 Å². The molecule has 0 aliphatic carbocycles. The standard InChI is InChI=1S/C23H31IOSi/c1-19(13-12-18-24)20(2)25-26(23(3,4)5,21-14-8-6-9-15-21)22-16-10-7-11-17-22/h6-12,14-20H,13H2,1-5H3/b18-12+/t19-,20-/m0/s1. The molecule has 0 unspecified atom stereocenters. The normalized spacial score (nSPS) is 15.2. The molecule has 2 atom stereocenters. The Labute approximate surface area is 174 Å². The molecule has 2 rings (SSSR count). The monoisotopic (exact) mass is 478 g/mol. The SMILES string of the molecule is C[C@H](O[Si](c1ccccc1)(c1ccccc1)C(C)(C)C)[C@@H](C)C/C=C/I. The Morgan fingerprint density at radius 1 is 0.923 bits per heavy atom. The molecule has 0 N–H and O–H groups in total. The van der Waals surface area contributed by atoms with Crippen LogP contribution in [0.5, 0.6) is 0 Å². The lowest BCUT2D eigenvalue weighted by Gasteiger charge is -2.45. The van der Waals surface area contributed by atoms with E-state index >= 15 is 0 Å². The summed E-state index contributed by atoms with van der Waals surface area (Å²) in [5, 5.41) is 2.73. The minimum absolute atomic E-state index is 0.0305. The molecule has 0 aromatic heterocycles. The molecule has 0 bridgehead atoms. The number of rotatable bonds is 7. The highest BCUT2D eigenvalue weighted by atomic mass is 127. The molecule has 0 fully saturated rings. The largest absolute Gasteiger partial charge is 0.404 e. The second-order valence-corrected chi connectivity index (χ2v) is 13.0. The van der Waals surface area contributed by atoms with Crippen LogP contribution in [0.4, 0.5) is 0 Å². The molecular weight excluding hydrogens is 447 g/mol. The summed E-state index contributed by atoms with van der Waals surface area (Å²) in [6.07, 6.45) is 3.47. The van der Waals surface area contributed by atoms with Gasteiger partial charge in [-0.1, -0.05) is 117 Å². The van der Waals surface area contributed by atoms with Crippen molar-refractivity contribution in [1.82, 2.24) is 0 Å². The molecule has 0 heterocycles. The fourth-order valence-electron chi connectivity index (χ4n) is 3.54. The van der Waals surface area contributed by atoms with Gasteiger partial charge in [-0.25, -0.2) is 0 Å². The molecule has 140 valence electrons. The van der Waals surface area contributed by atoms with Crippen molar-refractivity contribution in [3.63, 3.8) is 0 Å². The third kappa shape index (κ3) is 4.67. The first kappa shape index (κ1) is 21.4. The van der Waals surface area contributed by atoms with Crippen molar-refractivity contribution in [2.45, 2.75) is 52.2 Å². The first-order chi connectivity index (χ1) is 12.3. The first-order valence-corrected chi connectivity index (χ1v) is 12.5. The molecule has 0 aliphatic heterocycles. The maximum absolute atomic E-state index is 7.14. The maximum Gasteiger partial charge on any atom is 0.261 e. The highest BCUT2D eigenvalue weighted by Gasteiger charge is 2.51. The average molecular weight is 478 g/mol. The van der Waals surface area contributed by atoms with E-state index in [1.807, 2.05) is 0 Å². The van der Waals surface area contributed by atoms with Crippen molar-refractivity contribution in [3.8, 4) is 0 Å². The number of allylic oxidation sites excluding steroid dienone is 1. The Kier molecular flexibility index (Phi) is 7.68. The van der Waals surface area contributed by atoms with Gasteiger partial charge in [0, 0.05) is 6.10 Å². The lowest BCUT2D eigenvalue weighted by atomic mass is 10.0. The van der Waals surface area contributed by atoms with Gasteiger partial charge in [-0.2, -0.15) is 0 Å². The van der Waals surface area contributed by atoms with Gasteiger partial charge in [0.2, 0.25) is 0 Å². The van der Waals surface area contributed by atoms with Crippen LogP contribution in [0.15, 0.2) is 70.8 Å². The fraction of sp³-hybridized carbons (Fsp3) is 0.391. The molecule has 0 saturated carbocycles. The zero-order valence-corrected chi connectivity index (χ0v) is 19.7. The van der Waals surface area contributed by atoms with Crippen molar-refractivity contribution < 1.29 is 4.43 Å². The topological polar surface area (TPSA) is 9.23 Å². The predicted octanol–water partition coefficient (Wildman–Crippen LogP) is 5.93. The molecule has 0 radical (unpaired) electrons. The Balaban J connectivity index is 2.57. The summed E-state index contributed by atoms with van der Waals surface area (Å²) in [6, 6.07) is 21.8. The van der Waals surface area contributed by atoms with Crippen molar-refractivity contribution >= 4 is 41.3 Å². The van der Waals surface area contributed by atoms with E-state index in [0.29, 0.717) is 5.92 Å². The van der Waals surface area contributed by atoms with Gasteiger partial charge in [0.25, 0.3) is 8.32 Å². The van der Waals surface area contributed by atoms with Crippen LogP contribution in [0, 0.1) is 5.92 Å². The highest BCUT2D eigenvalue weighted by Crippen LogP contribution is 2.38. The second-order valence-electron chi connectivity index (χ2n) is 8.06. The molecule has 2 aromatic carbocycles. The summed E-state index contributed by atoms with van der Waals surface area (Å²) in [6.45, 7) is 11.5. The summed E-state index contributed by atoms with van der Waals surface area (Å²) >= 11 is 2.29. The molecule has 0 spiro atoms. The number of halogens is 1. The molecule has 3 heteroatoms. The van der Waals surface area contributed by atoms with Crippen molar-refractivity contribution in [3.05, 3.63) is 70.8 Å². The maximum atomic E-state index is 7.14. The van der Waals surface area contributed by atoms with E-state index in [1.54, 1.807) is 0 Å². The predicted molar refractivity (Wildman–Crippen MR) is 125 cm³/mol. The van der Waals surface area contributed by atoms with E-state index < -0.39 is 8.32 Å². The average Bonchev–Trinajstić information content (AvgIpc) is 2.64. The summed E-state index contributed by atoms with van der Waals surface area (Å²) < 4.78 is 9.24. The van der Waals surface area contributed by atoms with E-state index in [0.717, 1.165) is 6.42 Å².